The van der Waals surface area contributed by atoms with Crippen LogP contribution in [0.4, 0.5) is 5.69 Å². The van der Waals surface area contributed by atoms with Crippen LogP contribution in [0.3, 0.4) is 0 Å². The van der Waals surface area contributed by atoms with E-state index in [9.17, 15) is 4.79 Å². The van der Waals surface area contributed by atoms with E-state index >= 15 is 0 Å². The third kappa shape index (κ3) is 2.78. The van der Waals surface area contributed by atoms with E-state index in [4.69, 9.17) is 0 Å². The number of thiophene rings is 1. The highest BCUT2D eigenvalue weighted by Crippen LogP contribution is 2.32. The Hall–Kier alpha value is -1.09. The Morgan fingerprint density at radius 3 is 2.65 bits per heavy atom. The third-order valence-corrected chi connectivity index (χ3v) is 4.11. The van der Waals surface area contributed by atoms with Gasteiger partial charge in [-0.1, -0.05) is 32.4 Å². The number of hydrogen-bond acceptors (Lipinski definition) is 3. The largest absolute Gasteiger partial charge is 0.367 e. The van der Waals surface area contributed by atoms with Gasteiger partial charge in [-0.2, -0.15) is 0 Å². The van der Waals surface area contributed by atoms with Crippen molar-refractivity contribution in [2.75, 3.05) is 18.0 Å². The van der Waals surface area contributed by atoms with Crippen molar-refractivity contribution in [1.29, 1.82) is 0 Å². The second kappa shape index (κ2) is 4.65. The van der Waals surface area contributed by atoms with Crippen molar-refractivity contribution in [3.8, 4) is 0 Å². The van der Waals surface area contributed by atoms with Crippen LogP contribution in [0.1, 0.15) is 36.9 Å². The highest BCUT2D eigenvalue weighted by molar-refractivity contribution is 7.12. The highest BCUT2D eigenvalue weighted by Gasteiger charge is 2.21. The van der Waals surface area contributed by atoms with Gasteiger partial charge in [0.2, 0.25) is 0 Å². The second-order valence-corrected chi connectivity index (χ2v) is 6.44. The van der Waals surface area contributed by atoms with Crippen LogP contribution in [-0.2, 0) is 0 Å². The lowest BCUT2D eigenvalue weighted by atomic mass is 9.83. The molecule has 0 spiro atoms. The van der Waals surface area contributed by atoms with E-state index in [2.05, 4.69) is 37.1 Å². The first-order valence-electron chi connectivity index (χ1n) is 5.99. The zero-order chi connectivity index (χ0) is 12.5. The molecule has 0 amide bonds. The molecular weight excluding hydrogens is 230 g/mol. The molecule has 0 aromatic carbocycles. The van der Waals surface area contributed by atoms with Crippen LogP contribution in [-0.4, -0.2) is 19.4 Å². The van der Waals surface area contributed by atoms with Gasteiger partial charge in [-0.3, -0.25) is 4.79 Å². The molecule has 0 radical (unpaired) electrons. The quantitative estimate of drug-likeness (QED) is 0.588. The number of anilines is 1. The fourth-order valence-corrected chi connectivity index (χ4v) is 2.87. The predicted molar refractivity (Wildman–Crippen MR) is 74.1 cm³/mol. The van der Waals surface area contributed by atoms with Crippen LogP contribution in [0.5, 0.6) is 0 Å². The van der Waals surface area contributed by atoms with Crippen molar-refractivity contribution < 1.29 is 4.79 Å². The SMILES string of the molecule is CC(C)(C)C1=CCN(c2csc(C=O)c2)CC1. The van der Waals surface area contributed by atoms with E-state index in [0.29, 0.717) is 0 Å². The summed E-state index contributed by atoms with van der Waals surface area (Å²) >= 11 is 1.52. The van der Waals surface area contributed by atoms with Crippen LogP contribution in [0, 0.1) is 5.41 Å². The first-order valence-corrected chi connectivity index (χ1v) is 6.87. The number of hydrogen-bond donors (Lipinski definition) is 0. The minimum absolute atomic E-state index is 0.286. The summed E-state index contributed by atoms with van der Waals surface area (Å²) in [5.41, 5.74) is 3.01. The Kier molecular flexibility index (Phi) is 3.38. The van der Waals surface area contributed by atoms with Crippen molar-refractivity contribution in [3.05, 3.63) is 28.0 Å². The first kappa shape index (κ1) is 12.4. The molecule has 2 nitrogen and oxygen atoms in total. The summed E-state index contributed by atoms with van der Waals surface area (Å²) < 4.78 is 0. The van der Waals surface area contributed by atoms with Gasteiger partial charge in [-0.15, -0.1) is 11.3 Å². The second-order valence-electron chi connectivity index (χ2n) is 5.50. The fraction of sp³-hybridized carbons (Fsp3) is 0.500. The molecular formula is C14H19NOS. The van der Waals surface area contributed by atoms with Gasteiger partial charge in [0.25, 0.3) is 0 Å². The van der Waals surface area contributed by atoms with Crippen LogP contribution < -0.4 is 4.90 Å². The van der Waals surface area contributed by atoms with E-state index < -0.39 is 0 Å². The summed E-state index contributed by atoms with van der Waals surface area (Å²) in [5, 5.41) is 2.07. The molecule has 0 fully saturated rings. The van der Waals surface area contributed by atoms with E-state index in [1.54, 1.807) is 5.57 Å². The predicted octanol–water partition coefficient (Wildman–Crippen LogP) is 3.74. The van der Waals surface area contributed by atoms with Gasteiger partial charge in [0, 0.05) is 24.2 Å². The molecule has 0 unspecified atom stereocenters. The van der Waals surface area contributed by atoms with E-state index in [1.165, 1.54) is 17.0 Å². The van der Waals surface area contributed by atoms with Gasteiger partial charge in [0.05, 0.1) is 4.88 Å². The average molecular weight is 249 g/mol. The van der Waals surface area contributed by atoms with Crippen LogP contribution in [0.15, 0.2) is 23.1 Å². The zero-order valence-corrected chi connectivity index (χ0v) is 11.5. The van der Waals surface area contributed by atoms with Gasteiger partial charge in [0.15, 0.2) is 6.29 Å². The molecule has 2 heterocycles. The zero-order valence-electron chi connectivity index (χ0n) is 10.7. The highest BCUT2D eigenvalue weighted by atomic mass is 32.1. The smallest absolute Gasteiger partial charge is 0.160 e. The van der Waals surface area contributed by atoms with Crippen molar-refractivity contribution in [2.45, 2.75) is 27.2 Å². The van der Waals surface area contributed by atoms with Crippen molar-refractivity contribution in [2.24, 2.45) is 5.41 Å². The van der Waals surface area contributed by atoms with Crippen LogP contribution in [0.25, 0.3) is 0 Å². The van der Waals surface area contributed by atoms with Crippen molar-refractivity contribution in [3.63, 3.8) is 0 Å². The maximum atomic E-state index is 10.7. The Labute approximate surface area is 107 Å². The van der Waals surface area contributed by atoms with Gasteiger partial charge < -0.3 is 4.90 Å². The third-order valence-electron chi connectivity index (χ3n) is 3.26. The monoisotopic (exact) mass is 249 g/mol. The maximum absolute atomic E-state index is 10.7. The molecule has 1 aromatic rings. The fourth-order valence-electron chi connectivity index (χ4n) is 2.15. The summed E-state index contributed by atoms with van der Waals surface area (Å²) in [5.74, 6) is 0. The van der Waals surface area contributed by atoms with E-state index in [0.717, 1.165) is 30.7 Å². The molecule has 0 aliphatic carbocycles. The summed E-state index contributed by atoms with van der Waals surface area (Å²) in [6.07, 6.45) is 4.38. The topological polar surface area (TPSA) is 20.3 Å². The van der Waals surface area contributed by atoms with E-state index in [-0.39, 0.29) is 5.41 Å². The molecule has 0 saturated carbocycles. The van der Waals surface area contributed by atoms with Gasteiger partial charge >= 0.3 is 0 Å². The van der Waals surface area contributed by atoms with Gasteiger partial charge in [-0.25, -0.2) is 0 Å². The molecule has 0 atom stereocenters. The minimum Gasteiger partial charge on any atom is -0.367 e. The number of aldehydes is 1. The summed E-state index contributed by atoms with van der Waals surface area (Å²) in [6.45, 7) is 8.82. The van der Waals surface area contributed by atoms with Gasteiger partial charge in [-0.05, 0) is 17.9 Å². The molecule has 1 aromatic heterocycles. The van der Waals surface area contributed by atoms with E-state index in [1.807, 2.05) is 6.07 Å². The lowest BCUT2D eigenvalue weighted by Crippen LogP contribution is -2.30. The Morgan fingerprint density at radius 1 is 1.41 bits per heavy atom. The van der Waals surface area contributed by atoms with Gasteiger partial charge in [0.1, 0.15) is 0 Å². The number of nitrogens with zero attached hydrogens (tertiary/aromatic N) is 1. The van der Waals surface area contributed by atoms with Crippen LogP contribution in [0.2, 0.25) is 0 Å². The lowest BCUT2D eigenvalue weighted by molar-refractivity contribution is 0.112. The molecule has 92 valence electrons. The molecule has 1 aliphatic heterocycles. The number of carbonyl (C=O) groups is 1. The number of carbonyl (C=O) groups excluding carboxylic acids is 1. The average Bonchev–Trinajstić information content (AvgIpc) is 2.76. The van der Waals surface area contributed by atoms with Crippen molar-refractivity contribution in [1.82, 2.24) is 0 Å². The number of rotatable bonds is 2. The Bertz CT molecular complexity index is 439. The molecule has 0 bridgehead atoms. The van der Waals surface area contributed by atoms with Crippen molar-refractivity contribution >= 4 is 23.3 Å². The molecule has 17 heavy (non-hydrogen) atoms. The normalized spacial score (nSPS) is 16.9. The Balaban J connectivity index is 2.08. The maximum Gasteiger partial charge on any atom is 0.160 e. The molecule has 3 heteroatoms. The first-order chi connectivity index (χ1) is 8.00. The molecule has 0 N–H and O–H groups in total. The molecule has 2 rings (SSSR count). The Morgan fingerprint density at radius 2 is 2.18 bits per heavy atom. The summed E-state index contributed by atoms with van der Waals surface area (Å²) in [4.78, 5) is 13.8. The minimum atomic E-state index is 0.286. The molecule has 1 aliphatic rings. The summed E-state index contributed by atoms with van der Waals surface area (Å²) in [6, 6.07) is 1.98. The lowest BCUT2D eigenvalue weighted by Gasteiger charge is -2.32. The summed E-state index contributed by atoms with van der Waals surface area (Å²) in [7, 11) is 0. The molecule has 0 saturated heterocycles. The van der Waals surface area contributed by atoms with Crippen LogP contribution >= 0.6 is 11.3 Å². The standard InChI is InChI=1S/C14H19NOS/c1-14(2,3)11-4-6-15(7-5-11)12-8-13(9-16)17-10-12/h4,8-10H,5-7H2,1-3H3.